The van der Waals surface area contributed by atoms with Crippen molar-refractivity contribution in [3.8, 4) is 23.0 Å². The fourth-order valence-corrected chi connectivity index (χ4v) is 3.44. The first kappa shape index (κ1) is 16.8. The van der Waals surface area contributed by atoms with Crippen molar-refractivity contribution < 1.29 is 13.7 Å². The van der Waals surface area contributed by atoms with Crippen LogP contribution < -0.4 is 0 Å². The van der Waals surface area contributed by atoms with Crippen molar-refractivity contribution in [2.75, 3.05) is 0 Å². The number of hydrogen-bond acceptors (Lipinski definition) is 5. The molecule has 0 fully saturated rings. The average Bonchev–Trinajstić information content (AvgIpc) is 3.35. The van der Waals surface area contributed by atoms with Crippen molar-refractivity contribution >= 4 is 0 Å². The van der Waals surface area contributed by atoms with E-state index >= 15 is 0 Å². The molecule has 2 aromatic carbocycles. The molecule has 0 saturated carbocycles. The van der Waals surface area contributed by atoms with Crippen LogP contribution in [0, 0.1) is 12.7 Å². The molecule has 0 N–H and O–H groups in total. The first-order valence-corrected chi connectivity index (χ1v) is 9.00. The molecule has 6 nitrogen and oxygen atoms in total. The first-order valence-electron chi connectivity index (χ1n) is 9.00. The number of rotatable bonds is 3. The zero-order valence-electron chi connectivity index (χ0n) is 15.2. The zero-order valence-corrected chi connectivity index (χ0v) is 15.2. The van der Waals surface area contributed by atoms with Gasteiger partial charge in [0.05, 0.1) is 25.2 Å². The minimum Gasteiger partial charge on any atom is -0.365 e. The third-order valence-corrected chi connectivity index (χ3v) is 4.99. The molecule has 0 bridgehead atoms. The number of hydrogen-bond donors (Lipinski definition) is 0. The van der Waals surface area contributed by atoms with Gasteiger partial charge in [-0.25, -0.2) is 9.37 Å². The predicted molar refractivity (Wildman–Crippen MR) is 99.6 cm³/mol. The van der Waals surface area contributed by atoms with E-state index in [0.717, 1.165) is 22.4 Å². The van der Waals surface area contributed by atoms with E-state index < -0.39 is 0 Å². The number of aromatic nitrogens is 4. The SMILES string of the molecule is Cc1ccccc1-c1noc(-c2ncn3c2COC(c2ccc(F)cc2)C3)n1. The molecule has 0 saturated heterocycles. The molecule has 4 aromatic rings. The monoisotopic (exact) mass is 376 g/mol. The highest BCUT2D eigenvalue weighted by molar-refractivity contribution is 5.62. The van der Waals surface area contributed by atoms with Crippen molar-refractivity contribution in [1.82, 2.24) is 19.7 Å². The van der Waals surface area contributed by atoms with Gasteiger partial charge < -0.3 is 13.8 Å². The van der Waals surface area contributed by atoms with Crippen LogP contribution >= 0.6 is 0 Å². The van der Waals surface area contributed by atoms with Crippen molar-refractivity contribution in [2.24, 2.45) is 0 Å². The van der Waals surface area contributed by atoms with Gasteiger partial charge in [-0.1, -0.05) is 41.6 Å². The lowest BCUT2D eigenvalue weighted by atomic mass is 10.1. The fraction of sp³-hybridized carbons (Fsp3) is 0.190. The highest BCUT2D eigenvalue weighted by atomic mass is 19.1. The summed E-state index contributed by atoms with van der Waals surface area (Å²) in [6.07, 6.45) is 1.60. The molecule has 5 rings (SSSR count). The second-order valence-electron chi connectivity index (χ2n) is 6.78. The fourth-order valence-electron chi connectivity index (χ4n) is 3.44. The number of nitrogens with zero attached hydrogens (tertiary/aromatic N) is 4. The molecule has 2 aromatic heterocycles. The number of ether oxygens (including phenoxy) is 1. The summed E-state index contributed by atoms with van der Waals surface area (Å²) < 4.78 is 26.6. The topological polar surface area (TPSA) is 66.0 Å². The highest BCUT2D eigenvalue weighted by Crippen LogP contribution is 2.32. The van der Waals surface area contributed by atoms with Gasteiger partial charge in [0.15, 0.2) is 5.69 Å². The maximum absolute atomic E-state index is 13.2. The average molecular weight is 376 g/mol. The molecule has 1 atom stereocenters. The summed E-state index contributed by atoms with van der Waals surface area (Å²) in [6.45, 7) is 2.96. The summed E-state index contributed by atoms with van der Waals surface area (Å²) in [5.41, 5.74) is 4.45. The van der Waals surface area contributed by atoms with Crippen LogP contribution in [0.25, 0.3) is 23.0 Å². The van der Waals surface area contributed by atoms with E-state index in [9.17, 15) is 4.39 Å². The van der Waals surface area contributed by atoms with Crippen molar-refractivity contribution in [3.63, 3.8) is 0 Å². The van der Waals surface area contributed by atoms with Gasteiger partial charge in [0.2, 0.25) is 5.82 Å². The Morgan fingerprint density at radius 3 is 2.75 bits per heavy atom. The molecule has 0 amide bonds. The van der Waals surface area contributed by atoms with Crippen LogP contribution in [0.5, 0.6) is 0 Å². The van der Waals surface area contributed by atoms with Crippen LogP contribution in [0.4, 0.5) is 4.39 Å². The minimum atomic E-state index is -0.258. The molecule has 7 heteroatoms. The van der Waals surface area contributed by atoms with Gasteiger partial charge in [0.25, 0.3) is 5.89 Å². The van der Waals surface area contributed by atoms with Gasteiger partial charge in [0, 0.05) is 5.56 Å². The summed E-state index contributed by atoms with van der Waals surface area (Å²) in [5, 5.41) is 4.11. The van der Waals surface area contributed by atoms with Gasteiger partial charge in [-0.05, 0) is 30.2 Å². The Labute approximate surface area is 160 Å². The first-order chi connectivity index (χ1) is 13.7. The Balaban J connectivity index is 1.43. The molecule has 0 spiro atoms. The second-order valence-corrected chi connectivity index (χ2v) is 6.78. The lowest BCUT2D eigenvalue weighted by Crippen LogP contribution is -2.20. The lowest BCUT2D eigenvalue weighted by molar-refractivity contribution is 0.00326. The zero-order chi connectivity index (χ0) is 19.1. The van der Waals surface area contributed by atoms with E-state index in [4.69, 9.17) is 9.26 Å². The summed E-state index contributed by atoms with van der Waals surface area (Å²) in [5.74, 6) is 0.651. The van der Waals surface area contributed by atoms with Crippen LogP contribution in [0.1, 0.15) is 22.9 Å². The number of halogens is 1. The Bertz CT molecular complexity index is 1130. The molecular weight excluding hydrogens is 359 g/mol. The standard InChI is InChI=1S/C21H17FN4O2/c1-13-4-2-3-5-16(13)20-24-21(28-25-20)19-17-11-27-18(10-26(17)12-23-19)14-6-8-15(22)9-7-14/h2-9,12,18H,10-11H2,1H3. The molecule has 0 aliphatic carbocycles. The van der Waals surface area contributed by atoms with Crippen LogP contribution in [-0.2, 0) is 17.9 Å². The summed E-state index contributed by atoms with van der Waals surface area (Å²) in [4.78, 5) is 8.99. The van der Waals surface area contributed by atoms with Crippen LogP contribution in [0.3, 0.4) is 0 Å². The van der Waals surface area contributed by atoms with Crippen LogP contribution in [0.2, 0.25) is 0 Å². The van der Waals surface area contributed by atoms with Crippen LogP contribution in [0.15, 0.2) is 59.4 Å². The minimum absolute atomic E-state index is 0.152. The molecule has 1 aliphatic heterocycles. The third kappa shape index (κ3) is 2.90. The second kappa shape index (κ2) is 6.69. The van der Waals surface area contributed by atoms with E-state index in [0.29, 0.717) is 30.6 Å². The van der Waals surface area contributed by atoms with E-state index in [1.165, 1.54) is 12.1 Å². The smallest absolute Gasteiger partial charge is 0.278 e. The largest absolute Gasteiger partial charge is 0.365 e. The third-order valence-electron chi connectivity index (χ3n) is 4.99. The van der Waals surface area contributed by atoms with Gasteiger partial charge in [-0.3, -0.25) is 0 Å². The van der Waals surface area contributed by atoms with E-state index in [-0.39, 0.29) is 11.9 Å². The van der Waals surface area contributed by atoms with E-state index in [1.807, 2.05) is 35.8 Å². The highest BCUT2D eigenvalue weighted by Gasteiger charge is 2.26. The quantitative estimate of drug-likeness (QED) is 0.533. The number of imidazole rings is 1. The molecule has 140 valence electrons. The van der Waals surface area contributed by atoms with Crippen molar-refractivity contribution in [2.45, 2.75) is 26.2 Å². The van der Waals surface area contributed by atoms with Gasteiger partial charge in [-0.15, -0.1) is 0 Å². The molecule has 0 radical (unpaired) electrons. The van der Waals surface area contributed by atoms with Crippen LogP contribution in [-0.4, -0.2) is 19.7 Å². The maximum Gasteiger partial charge on any atom is 0.278 e. The molecule has 1 unspecified atom stereocenters. The van der Waals surface area contributed by atoms with Gasteiger partial charge in [0.1, 0.15) is 11.9 Å². The number of fused-ring (bicyclic) bond motifs is 1. The normalized spacial score (nSPS) is 16.1. The van der Waals surface area contributed by atoms with Crippen molar-refractivity contribution in [1.29, 1.82) is 0 Å². The Kier molecular flexibility index (Phi) is 4.02. The van der Waals surface area contributed by atoms with Crippen molar-refractivity contribution in [3.05, 3.63) is 77.5 Å². The van der Waals surface area contributed by atoms with Gasteiger partial charge >= 0.3 is 0 Å². The Hall–Kier alpha value is -3.32. The maximum atomic E-state index is 13.2. The van der Waals surface area contributed by atoms with E-state index in [1.54, 1.807) is 18.5 Å². The number of benzene rings is 2. The molecule has 3 heterocycles. The predicted octanol–water partition coefficient (Wildman–Crippen LogP) is 4.32. The molecule has 1 aliphatic rings. The summed E-state index contributed by atoms with van der Waals surface area (Å²) in [6, 6.07) is 14.3. The molecule has 28 heavy (non-hydrogen) atoms. The summed E-state index contributed by atoms with van der Waals surface area (Å²) in [7, 11) is 0. The van der Waals surface area contributed by atoms with E-state index in [2.05, 4.69) is 15.1 Å². The lowest BCUT2D eigenvalue weighted by Gasteiger charge is -2.25. The Morgan fingerprint density at radius 2 is 1.93 bits per heavy atom. The van der Waals surface area contributed by atoms with Gasteiger partial charge in [-0.2, -0.15) is 4.98 Å². The Morgan fingerprint density at radius 1 is 1.11 bits per heavy atom. The number of aryl methyl sites for hydroxylation is 1. The molecular formula is C21H17FN4O2. The summed E-state index contributed by atoms with van der Waals surface area (Å²) >= 11 is 0.